The van der Waals surface area contributed by atoms with Gasteiger partial charge in [0.05, 0.1) is 0 Å². The Hall–Kier alpha value is -1.20. The smallest absolute Gasteiger partial charge is 0.387 e. The standard InChI is InChI=1S/C14H21F2NO2/c1-10(7-8-18-3)17-11(2)12-5-4-6-13(9-12)19-14(15)16/h4-6,9-11,14,17H,7-8H2,1-3H3. The maximum atomic E-state index is 12.2. The van der Waals surface area contributed by atoms with Crippen LogP contribution in [-0.4, -0.2) is 26.4 Å². The number of nitrogens with one attached hydrogen (secondary N) is 1. The fourth-order valence-corrected chi connectivity index (χ4v) is 1.86. The van der Waals surface area contributed by atoms with Crippen molar-refractivity contribution in [3.8, 4) is 5.75 Å². The lowest BCUT2D eigenvalue weighted by atomic mass is 10.1. The molecule has 0 aromatic heterocycles. The van der Waals surface area contributed by atoms with E-state index in [9.17, 15) is 8.78 Å². The number of halogens is 2. The van der Waals surface area contributed by atoms with E-state index in [0.29, 0.717) is 6.61 Å². The van der Waals surface area contributed by atoms with E-state index in [4.69, 9.17) is 4.74 Å². The van der Waals surface area contributed by atoms with Crippen molar-refractivity contribution in [1.82, 2.24) is 5.32 Å². The fraction of sp³-hybridized carbons (Fsp3) is 0.571. The predicted molar refractivity (Wildman–Crippen MR) is 70.6 cm³/mol. The molecule has 0 aliphatic heterocycles. The second-order valence-corrected chi connectivity index (χ2v) is 4.52. The van der Waals surface area contributed by atoms with Gasteiger partial charge in [-0.25, -0.2) is 0 Å². The van der Waals surface area contributed by atoms with E-state index in [1.807, 2.05) is 13.0 Å². The summed E-state index contributed by atoms with van der Waals surface area (Å²) in [5.41, 5.74) is 0.919. The number of alkyl halides is 2. The molecule has 0 heterocycles. The first-order chi connectivity index (χ1) is 9.02. The molecule has 3 nitrogen and oxygen atoms in total. The Morgan fingerprint density at radius 3 is 2.63 bits per heavy atom. The highest BCUT2D eigenvalue weighted by Gasteiger charge is 2.11. The van der Waals surface area contributed by atoms with Crippen LogP contribution in [0.1, 0.15) is 31.9 Å². The van der Waals surface area contributed by atoms with Gasteiger partial charge in [0, 0.05) is 25.8 Å². The van der Waals surface area contributed by atoms with E-state index in [2.05, 4.69) is 17.0 Å². The third-order valence-corrected chi connectivity index (χ3v) is 2.87. The first-order valence-corrected chi connectivity index (χ1v) is 6.32. The summed E-state index contributed by atoms with van der Waals surface area (Å²) < 4.78 is 33.7. The van der Waals surface area contributed by atoms with Crippen LogP contribution in [0.15, 0.2) is 24.3 Å². The van der Waals surface area contributed by atoms with Crippen molar-refractivity contribution in [3.63, 3.8) is 0 Å². The predicted octanol–water partition coefficient (Wildman–Crippen LogP) is 3.36. The zero-order chi connectivity index (χ0) is 14.3. The van der Waals surface area contributed by atoms with Crippen LogP contribution in [0.5, 0.6) is 5.75 Å². The number of hydrogen-bond acceptors (Lipinski definition) is 3. The summed E-state index contributed by atoms with van der Waals surface area (Å²) >= 11 is 0. The van der Waals surface area contributed by atoms with Crippen LogP contribution < -0.4 is 10.1 Å². The van der Waals surface area contributed by atoms with Crippen LogP contribution >= 0.6 is 0 Å². The summed E-state index contributed by atoms with van der Waals surface area (Å²) in [6.07, 6.45) is 0.897. The van der Waals surface area contributed by atoms with Gasteiger partial charge >= 0.3 is 6.61 Å². The van der Waals surface area contributed by atoms with E-state index in [0.717, 1.165) is 12.0 Å². The molecular weight excluding hydrogens is 252 g/mol. The van der Waals surface area contributed by atoms with E-state index in [1.165, 1.54) is 6.07 Å². The molecule has 0 bridgehead atoms. The van der Waals surface area contributed by atoms with Gasteiger partial charge in [-0.2, -0.15) is 8.78 Å². The highest BCUT2D eigenvalue weighted by Crippen LogP contribution is 2.21. The third-order valence-electron chi connectivity index (χ3n) is 2.87. The third kappa shape index (κ3) is 5.98. The SMILES string of the molecule is COCCC(C)NC(C)c1cccc(OC(F)F)c1. The molecule has 0 saturated carbocycles. The minimum absolute atomic E-state index is 0.0630. The van der Waals surface area contributed by atoms with Crippen LogP contribution in [0, 0.1) is 0 Å². The Morgan fingerprint density at radius 1 is 1.26 bits per heavy atom. The highest BCUT2D eigenvalue weighted by atomic mass is 19.3. The zero-order valence-electron chi connectivity index (χ0n) is 11.5. The first kappa shape index (κ1) is 15.9. The van der Waals surface area contributed by atoms with Crippen molar-refractivity contribution in [2.45, 2.75) is 39.0 Å². The lowest BCUT2D eigenvalue weighted by Gasteiger charge is -2.20. The summed E-state index contributed by atoms with van der Waals surface area (Å²) in [6, 6.07) is 7.11. The van der Waals surface area contributed by atoms with Crippen LogP contribution in [0.2, 0.25) is 0 Å². The largest absolute Gasteiger partial charge is 0.435 e. The average Bonchev–Trinajstić information content (AvgIpc) is 2.35. The van der Waals surface area contributed by atoms with Crippen molar-refractivity contribution >= 4 is 0 Å². The van der Waals surface area contributed by atoms with Gasteiger partial charge in [-0.05, 0) is 38.0 Å². The van der Waals surface area contributed by atoms with Crippen molar-refractivity contribution in [2.75, 3.05) is 13.7 Å². The maximum Gasteiger partial charge on any atom is 0.387 e. The Balaban J connectivity index is 2.58. The molecule has 19 heavy (non-hydrogen) atoms. The zero-order valence-corrected chi connectivity index (χ0v) is 11.5. The Bertz CT molecular complexity index is 374. The van der Waals surface area contributed by atoms with Gasteiger partial charge < -0.3 is 14.8 Å². The van der Waals surface area contributed by atoms with Crippen LogP contribution in [0.4, 0.5) is 8.78 Å². The molecule has 108 valence electrons. The van der Waals surface area contributed by atoms with Gasteiger partial charge in [-0.1, -0.05) is 12.1 Å². The molecule has 1 N–H and O–H groups in total. The quantitative estimate of drug-likeness (QED) is 0.787. The minimum Gasteiger partial charge on any atom is -0.435 e. The summed E-state index contributed by atoms with van der Waals surface area (Å²) in [5.74, 6) is 0.186. The molecular formula is C14H21F2NO2. The Labute approximate surface area is 112 Å². The van der Waals surface area contributed by atoms with Crippen molar-refractivity contribution in [2.24, 2.45) is 0 Å². The summed E-state index contributed by atoms with van der Waals surface area (Å²) in [4.78, 5) is 0. The number of rotatable bonds is 8. The molecule has 0 amide bonds. The summed E-state index contributed by atoms with van der Waals surface area (Å²) in [7, 11) is 1.67. The van der Waals surface area contributed by atoms with Gasteiger partial charge in [-0.15, -0.1) is 0 Å². The normalized spacial score (nSPS) is 14.4. The Kier molecular flexibility index (Phi) is 6.73. The molecule has 0 aliphatic carbocycles. The van der Waals surface area contributed by atoms with Crippen molar-refractivity contribution < 1.29 is 18.3 Å². The number of hydrogen-bond donors (Lipinski definition) is 1. The molecule has 2 unspecified atom stereocenters. The van der Waals surface area contributed by atoms with Crippen LogP contribution in [0.25, 0.3) is 0 Å². The average molecular weight is 273 g/mol. The van der Waals surface area contributed by atoms with Gasteiger partial charge in [0.2, 0.25) is 0 Å². The van der Waals surface area contributed by atoms with E-state index >= 15 is 0 Å². The molecule has 1 aromatic rings. The first-order valence-electron chi connectivity index (χ1n) is 6.32. The molecule has 2 atom stereocenters. The topological polar surface area (TPSA) is 30.5 Å². The molecule has 0 spiro atoms. The second kappa shape index (κ2) is 8.07. The number of benzene rings is 1. The van der Waals surface area contributed by atoms with Gasteiger partial charge in [0.15, 0.2) is 0 Å². The maximum absolute atomic E-state index is 12.2. The van der Waals surface area contributed by atoms with Gasteiger partial charge in [0.1, 0.15) is 5.75 Å². The lowest BCUT2D eigenvalue weighted by molar-refractivity contribution is -0.0499. The molecule has 0 saturated heterocycles. The number of methoxy groups -OCH3 is 1. The summed E-state index contributed by atoms with van der Waals surface area (Å²) in [5, 5.41) is 3.39. The van der Waals surface area contributed by atoms with E-state index in [-0.39, 0.29) is 17.8 Å². The number of ether oxygens (including phenoxy) is 2. The van der Waals surface area contributed by atoms with E-state index < -0.39 is 6.61 Å². The molecule has 1 rings (SSSR count). The van der Waals surface area contributed by atoms with Crippen molar-refractivity contribution in [1.29, 1.82) is 0 Å². The lowest BCUT2D eigenvalue weighted by Crippen LogP contribution is -2.29. The summed E-state index contributed by atoms with van der Waals surface area (Å²) in [6.45, 7) is 1.95. The molecule has 0 radical (unpaired) electrons. The molecule has 5 heteroatoms. The second-order valence-electron chi connectivity index (χ2n) is 4.52. The van der Waals surface area contributed by atoms with Gasteiger partial charge in [-0.3, -0.25) is 0 Å². The highest BCUT2D eigenvalue weighted by molar-refractivity contribution is 5.30. The molecule has 0 aliphatic rings. The van der Waals surface area contributed by atoms with Crippen LogP contribution in [0.3, 0.4) is 0 Å². The van der Waals surface area contributed by atoms with E-state index in [1.54, 1.807) is 19.2 Å². The fourth-order valence-electron chi connectivity index (χ4n) is 1.86. The van der Waals surface area contributed by atoms with Crippen molar-refractivity contribution in [3.05, 3.63) is 29.8 Å². The molecule has 0 fully saturated rings. The van der Waals surface area contributed by atoms with Crippen LogP contribution in [-0.2, 0) is 4.74 Å². The molecule has 1 aromatic carbocycles. The minimum atomic E-state index is -2.79. The monoisotopic (exact) mass is 273 g/mol. The van der Waals surface area contributed by atoms with Gasteiger partial charge in [0.25, 0.3) is 0 Å². The Morgan fingerprint density at radius 2 is 2.00 bits per heavy atom.